The first kappa shape index (κ1) is 14.1. The molecule has 1 unspecified atom stereocenters. The van der Waals surface area contributed by atoms with E-state index in [1.54, 1.807) is 0 Å². The predicted molar refractivity (Wildman–Crippen MR) is 59.6 cm³/mol. The molecular weight excluding hydrogens is 192 g/mol. The van der Waals surface area contributed by atoms with Crippen LogP contribution in [0.3, 0.4) is 0 Å². The van der Waals surface area contributed by atoms with Crippen LogP contribution in [0.4, 0.5) is 0 Å². The van der Waals surface area contributed by atoms with Crippen LogP contribution < -0.4 is 0 Å². The Kier molecular flexibility index (Phi) is 6.21. The molecular formula is C12H22O3. The zero-order valence-electron chi connectivity index (χ0n) is 10.3. The average molecular weight is 214 g/mol. The van der Waals surface area contributed by atoms with Gasteiger partial charge in [0.2, 0.25) is 0 Å². The summed E-state index contributed by atoms with van der Waals surface area (Å²) in [4.78, 5) is 22.4. The maximum atomic E-state index is 11.8. The van der Waals surface area contributed by atoms with Gasteiger partial charge in [0.25, 0.3) is 0 Å². The molecule has 0 amide bonds. The lowest BCUT2D eigenvalue weighted by Gasteiger charge is -2.26. The first-order chi connectivity index (χ1) is 6.96. The highest BCUT2D eigenvalue weighted by atomic mass is 16.5. The van der Waals surface area contributed by atoms with Crippen molar-refractivity contribution < 1.29 is 14.3 Å². The fourth-order valence-corrected chi connectivity index (χ4v) is 1.42. The number of carbonyl (C=O) groups excluding carboxylic acids is 2. The molecule has 0 saturated carbocycles. The van der Waals surface area contributed by atoms with E-state index in [0.29, 0.717) is 0 Å². The zero-order valence-corrected chi connectivity index (χ0v) is 10.3. The monoisotopic (exact) mass is 214 g/mol. The van der Waals surface area contributed by atoms with Gasteiger partial charge in [-0.05, 0) is 12.8 Å². The maximum absolute atomic E-state index is 11.8. The minimum atomic E-state index is -0.391. The van der Waals surface area contributed by atoms with Gasteiger partial charge in [-0.1, -0.05) is 33.6 Å². The Labute approximate surface area is 92.2 Å². The van der Waals surface area contributed by atoms with Crippen LogP contribution in [-0.4, -0.2) is 18.4 Å². The van der Waals surface area contributed by atoms with Crippen molar-refractivity contribution in [3.63, 3.8) is 0 Å². The number of esters is 1. The average Bonchev–Trinajstić information content (AvgIpc) is 2.22. The third-order valence-corrected chi connectivity index (χ3v) is 2.94. The first-order valence-electron chi connectivity index (χ1n) is 5.63. The van der Waals surface area contributed by atoms with Crippen LogP contribution in [0.25, 0.3) is 0 Å². The number of unbranched alkanes of at least 4 members (excludes halogenated alkanes) is 1. The normalized spacial score (nSPS) is 14.4. The van der Waals surface area contributed by atoms with Crippen LogP contribution >= 0.6 is 0 Å². The molecule has 0 bridgehead atoms. The van der Waals surface area contributed by atoms with Gasteiger partial charge >= 0.3 is 5.97 Å². The summed E-state index contributed by atoms with van der Waals surface area (Å²) >= 11 is 0. The van der Waals surface area contributed by atoms with Gasteiger partial charge in [0.1, 0.15) is 0 Å². The molecule has 0 aliphatic heterocycles. The van der Waals surface area contributed by atoms with E-state index in [9.17, 15) is 9.59 Å². The number of hydrogen-bond acceptors (Lipinski definition) is 3. The molecule has 3 nitrogen and oxygen atoms in total. The van der Waals surface area contributed by atoms with Crippen molar-refractivity contribution in [3.8, 4) is 0 Å². The van der Waals surface area contributed by atoms with Crippen molar-refractivity contribution in [2.45, 2.75) is 53.4 Å². The summed E-state index contributed by atoms with van der Waals surface area (Å²) in [5.74, 6) is -0.356. The molecule has 0 aromatic carbocycles. The molecule has 88 valence electrons. The summed E-state index contributed by atoms with van der Waals surface area (Å²) in [6.45, 7) is 7.30. The SMILES string of the molecule is CCCCC(C)(CC)C(=O)COC(C)=O. The fourth-order valence-electron chi connectivity index (χ4n) is 1.42. The van der Waals surface area contributed by atoms with E-state index in [1.807, 2.05) is 13.8 Å². The van der Waals surface area contributed by atoms with Crippen molar-refractivity contribution in [1.29, 1.82) is 0 Å². The van der Waals surface area contributed by atoms with Crippen molar-refractivity contribution in [2.75, 3.05) is 6.61 Å². The summed E-state index contributed by atoms with van der Waals surface area (Å²) in [6, 6.07) is 0. The second kappa shape index (κ2) is 6.59. The maximum Gasteiger partial charge on any atom is 0.303 e. The van der Waals surface area contributed by atoms with Crippen LogP contribution in [0.2, 0.25) is 0 Å². The molecule has 0 radical (unpaired) electrons. The molecule has 3 heteroatoms. The molecule has 15 heavy (non-hydrogen) atoms. The zero-order chi connectivity index (χ0) is 11.9. The molecule has 0 spiro atoms. The molecule has 0 aromatic heterocycles. The quantitative estimate of drug-likeness (QED) is 0.612. The van der Waals surface area contributed by atoms with Gasteiger partial charge in [-0.3, -0.25) is 9.59 Å². The lowest BCUT2D eigenvalue weighted by Crippen LogP contribution is -2.31. The van der Waals surface area contributed by atoms with Gasteiger partial charge in [0.15, 0.2) is 12.4 Å². The topological polar surface area (TPSA) is 43.4 Å². The Bertz CT molecular complexity index is 223. The number of ketones is 1. The second-order valence-electron chi connectivity index (χ2n) is 4.22. The van der Waals surface area contributed by atoms with Gasteiger partial charge in [-0.2, -0.15) is 0 Å². The lowest BCUT2D eigenvalue weighted by atomic mass is 9.78. The standard InChI is InChI=1S/C12H22O3/c1-5-7-8-12(4,6-2)11(14)9-15-10(3)13/h5-9H2,1-4H3. The van der Waals surface area contributed by atoms with E-state index >= 15 is 0 Å². The largest absolute Gasteiger partial charge is 0.458 e. The Morgan fingerprint density at radius 2 is 1.87 bits per heavy atom. The molecule has 0 N–H and O–H groups in total. The van der Waals surface area contributed by atoms with Crippen molar-refractivity contribution in [1.82, 2.24) is 0 Å². The minimum absolute atomic E-state index is 0.0358. The highest BCUT2D eigenvalue weighted by Crippen LogP contribution is 2.29. The van der Waals surface area contributed by atoms with Crippen molar-refractivity contribution >= 4 is 11.8 Å². The highest BCUT2D eigenvalue weighted by molar-refractivity contribution is 5.87. The predicted octanol–water partition coefficient (Wildman–Crippen LogP) is 2.73. The van der Waals surface area contributed by atoms with Gasteiger partial charge in [0.05, 0.1) is 0 Å². The van der Waals surface area contributed by atoms with Gasteiger partial charge in [-0.15, -0.1) is 0 Å². The molecule has 0 aromatic rings. The van der Waals surface area contributed by atoms with Gasteiger partial charge in [0, 0.05) is 12.3 Å². The fraction of sp³-hybridized carbons (Fsp3) is 0.833. The number of Topliss-reactive ketones (excluding diaryl/α,β-unsaturated/α-hetero) is 1. The molecule has 0 saturated heterocycles. The number of hydrogen-bond donors (Lipinski definition) is 0. The van der Waals surface area contributed by atoms with Gasteiger partial charge < -0.3 is 4.74 Å². The molecule has 1 atom stereocenters. The summed E-state index contributed by atoms with van der Waals surface area (Å²) in [5.41, 5.74) is -0.328. The lowest BCUT2D eigenvalue weighted by molar-refractivity contribution is -0.149. The van der Waals surface area contributed by atoms with Crippen LogP contribution in [0.5, 0.6) is 0 Å². The van der Waals surface area contributed by atoms with Crippen molar-refractivity contribution in [2.24, 2.45) is 5.41 Å². The minimum Gasteiger partial charge on any atom is -0.458 e. The third-order valence-electron chi connectivity index (χ3n) is 2.94. The third kappa shape index (κ3) is 4.96. The Hall–Kier alpha value is -0.860. The smallest absolute Gasteiger partial charge is 0.303 e. The molecule has 0 rings (SSSR count). The van der Waals surface area contributed by atoms with E-state index in [2.05, 4.69) is 6.92 Å². The molecule has 0 aliphatic rings. The van der Waals surface area contributed by atoms with Gasteiger partial charge in [-0.25, -0.2) is 0 Å². The van der Waals surface area contributed by atoms with E-state index in [4.69, 9.17) is 4.74 Å². The van der Waals surface area contributed by atoms with E-state index in [1.165, 1.54) is 6.92 Å². The van der Waals surface area contributed by atoms with Crippen LogP contribution in [-0.2, 0) is 14.3 Å². The first-order valence-corrected chi connectivity index (χ1v) is 5.63. The summed E-state index contributed by atoms with van der Waals surface area (Å²) in [6.07, 6.45) is 3.79. The highest BCUT2D eigenvalue weighted by Gasteiger charge is 2.30. The Balaban J connectivity index is 4.24. The van der Waals surface area contributed by atoms with E-state index in [0.717, 1.165) is 25.7 Å². The summed E-state index contributed by atoms with van der Waals surface area (Å²) in [7, 11) is 0. The summed E-state index contributed by atoms with van der Waals surface area (Å²) in [5, 5.41) is 0. The summed E-state index contributed by atoms with van der Waals surface area (Å²) < 4.78 is 4.74. The number of rotatable bonds is 7. The number of carbonyl (C=O) groups is 2. The Morgan fingerprint density at radius 1 is 1.27 bits per heavy atom. The Morgan fingerprint density at radius 3 is 2.27 bits per heavy atom. The van der Waals surface area contributed by atoms with E-state index < -0.39 is 5.97 Å². The van der Waals surface area contributed by atoms with Crippen LogP contribution in [0.1, 0.15) is 53.4 Å². The molecule has 0 heterocycles. The van der Waals surface area contributed by atoms with Crippen molar-refractivity contribution in [3.05, 3.63) is 0 Å². The second-order valence-corrected chi connectivity index (χ2v) is 4.22. The van der Waals surface area contributed by atoms with Crippen LogP contribution in [0, 0.1) is 5.41 Å². The molecule has 0 fully saturated rings. The molecule has 0 aliphatic carbocycles. The van der Waals surface area contributed by atoms with Crippen LogP contribution in [0.15, 0.2) is 0 Å². The number of ether oxygens (including phenoxy) is 1. The van der Waals surface area contributed by atoms with E-state index in [-0.39, 0.29) is 17.8 Å².